The minimum Gasteiger partial charge on any atom is -0.321 e. The van der Waals surface area contributed by atoms with Crippen molar-refractivity contribution < 1.29 is 0 Å². The van der Waals surface area contributed by atoms with Gasteiger partial charge in [0.1, 0.15) is 0 Å². The van der Waals surface area contributed by atoms with Crippen molar-refractivity contribution >= 4 is 26.7 Å². The fourth-order valence-corrected chi connectivity index (χ4v) is 3.36. The Morgan fingerprint density at radius 2 is 1.82 bits per heavy atom. The molecule has 1 fully saturated rings. The number of benzene rings is 2. The van der Waals surface area contributed by atoms with Crippen molar-refractivity contribution in [2.45, 2.75) is 31.2 Å². The number of hydrogen-bond acceptors (Lipinski definition) is 1. The molecule has 3 rings (SSSR count). The Labute approximate surface area is 110 Å². The van der Waals surface area contributed by atoms with Crippen molar-refractivity contribution in [2.24, 2.45) is 5.73 Å². The Hall–Kier alpha value is -0.860. The summed E-state index contributed by atoms with van der Waals surface area (Å²) in [7, 11) is 0. The van der Waals surface area contributed by atoms with E-state index in [4.69, 9.17) is 5.73 Å². The van der Waals surface area contributed by atoms with Gasteiger partial charge in [0, 0.05) is 10.0 Å². The summed E-state index contributed by atoms with van der Waals surface area (Å²) in [6.07, 6.45) is 4.75. The normalized spacial score (nSPS) is 18.7. The molecule has 0 unspecified atom stereocenters. The van der Waals surface area contributed by atoms with Crippen molar-refractivity contribution in [1.82, 2.24) is 0 Å². The third kappa shape index (κ3) is 1.90. The SMILES string of the molecule is NC1(c2ccc3c(Br)cccc3c2)CCCC1. The molecular formula is C15H16BrN. The van der Waals surface area contributed by atoms with E-state index in [1.807, 2.05) is 0 Å². The second kappa shape index (κ2) is 4.11. The first-order valence-electron chi connectivity index (χ1n) is 6.17. The average Bonchev–Trinajstić information content (AvgIpc) is 2.77. The highest BCUT2D eigenvalue weighted by atomic mass is 79.9. The topological polar surface area (TPSA) is 26.0 Å². The molecule has 0 atom stereocenters. The molecule has 1 saturated carbocycles. The van der Waals surface area contributed by atoms with Gasteiger partial charge in [0.05, 0.1) is 0 Å². The first kappa shape index (κ1) is 11.2. The monoisotopic (exact) mass is 289 g/mol. The molecule has 2 N–H and O–H groups in total. The standard InChI is InChI=1S/C15H16BrN/c16-14-5-3-4-11-10-12(6-7-13(11)14)15(17)8-1-2-9-15/h3-7,10H,1-2,8-9,17H2. The van der Waals surface area contributed by atoms with Crippen molar-refractivity contribution in [1.29, 1.82) is 0 Å². The van der Waals surface area contributed by atoms with Gasteiger partial charge in [-0.2, -0.15) is 0 Å². The van der Waals surface area contributed by atoms with Crippen LogP contribution in [0, 0.1) is 0 Å². The molecular weight excluding hydrogens is 274 g/mol. The maximum absolute atomic E-state index is 6.50. The predicted molar refractivity (Wildman–Crippen MR) is 76.0 cm³/mol. The van der Waals surface area contributed by atoms with E-state index in [2.05, 4.69) is 52.3 Å². The predicted octanol–water partition coefficient (Wildman–Crippen LogP) is 4.33. The van der Waals surface area contributed by atoms with Crippen LogP contribution in [0.2, 0.25) is 0 Å². The highest BCUT2D eigenvalue weighted by Crippen LogP contribution is 2.37. The van der Waals surface area contributed by atoms with Crippen LogP contribution >= 0.6 is 15.9 Å². The molecule has 88 valence electrons. The fourth-order valence-electron chi connectivity index (χ4n) is 2.85. The molecule has 0 heterocycles. The van der Waals surface area contributed by atoms with E-state index in [1.54, 1.807) is 0 Å². The highest BCUT2D eigenvalue weighted by molar-refractivity contribution is 9.10. The summed E-state index contributed by atoms with van der Waals surface area (Å²) >= 11 is 3.59. The summed E-state index contributed by atoms with van der Waals surface area (Å²) in [6.45, 7) is 0. The number of rotatable bonds is 1. The van der Waals surface area contributed by atoms with E-state index >= 15 is 0 Å². The zero-order chi connectivity index (χ0) is 11.9. The molecule has 0 aliphatic heterocycles. The summed E-state index contributed by atoms with van der Waals surface area (Å²) in [5.41, 5.74) is 7.70. The lowest BCUT2D eigenvalue weighted by molar-refractivity contribution is 0.462. The van der Waals surface area contributed by atoms with Gasteiger partial charge < -0.3 is 5.73 Å². The first-order chi connectivity index (χ1) is 8.19. The first-order valence-corrected chi connectivity index (χ1v) is 6.96. The van der Waals surface area contributed by atoms with Crippen LogP contribution in [0.3, 0.4) is 0 Å². The van der Waals surface area contributed by atoms with Crippen LogP contribution in [0.25, 0.3) is 10.8 Å². The minimum absolute atomic E-state index is 0.0868. The molecule has 2 aromatic carbocycles. The molecule has 0 spiro atoms. The van der Waals surface area contributed by atoms with Crippen molar-refractivity contribution in [3.05, 3.63) is 46.4 Å². The Bertz CT molecular complexity index is 556. The van der Waals surface area contributed by atoms with Gasteiger partial charge in [0.15, 0.2) is 0 Å². The van der Waals surface area contributed by atoms with Gasteiger partial charge in [-0.05, 0) is 41.3 Å². The highest BCUT2D eigenvalue weighted by Gasteiger charge is 2.31. The van der Waals surface area contributed by atoms with Gasteiger partial charge in [-0.15, -0.1) is 0 Å². The number of halogens is 1. The summed E-state index contributed by atoms with van der Waals surface area (Å²) in [6, 6.07) is 12.9. The molecule has 0 bridgehead atoms. The summed E-state index contributed by atoms with van der Waals surface area (Å²) in [4.78, 5) is 0. The number of nitrogens with two attached hydrogens (primary N) is 1. The lowest BCUT2D eigenvalue weighted by Crippen LogP contribution is -2.32. The molecule has 0 radical (unpaired) electrons. The summed E-state index contributed by atoms with van der Waals surface area (Å²) in [5.74, 6) is 0. The molecule has 0 amide bonds. The van der Waals surface area contributed by atoms with E-state index in [0.29, 0.717) is 0 Å². The smallest absolute Gasteiger partial charge is 0.0409 e. The second-order valence-corrected chi connectivity index (χ2v) is 5.89. The lowest BCUT2D eigenvalue weighted by atomic mass is 9.88. The third-order valence-electron chi connectivity index (χ3n) is 3.90. The molecule has 2 aromatic rings. The molecule has 2 heteroatoms. The van der Waals surface area contributed by atoms with Gasteiger partial charge in [0.2, 0.25) is 0 Å². The Morgan fingerprint density at radius 1 is 1.06 bits per heavy atom. The van der Waals surface area contributed by atoms with E-state index in [-0.39, 0.29) is 5.54 Å². The van der Waals surface area contributed by atoms with E-state index < -0.39 is 0 Å². The summed E-state index contributed by atoms with van der Waals surface area (Å²) in [5, 5.41) is 2.53. The number of fused-ring (bicyclic) bond motifs is 1. The number of hydrogen-bond donors (Lipinski definition) is 1. The van der Waals surface area contributed by atoms with Gasteiger partial charge in [-0.1, -0.05) is 53.0 Å². The zero-order valence-corrected chi connectivity index (χ0v) is 11.3. The zero-order valence-electron chi connectivity index (χ0n) is 9.75. The molecule has 1 aliphatic rings. The van der Waals surface area contributed by atoms with Gasteiger partial charge in [0.25, 0.3) is 0 Å². The maximum atomic E-state index is 6.50. The van der Waals surface area contributed by atoms with Crippen molar-refractivity contribution in [3.8, 4) is 0 Å². The molecule has 0 saturated heterocycles. The largest absolute Gasteiger partial charge is 0.321 e. The Kier molecular flexibility index (Phi) is 2.72. The van der Waals surface area contributed by atoms with Crippen LogP contribution in [0.1, 0.15) is 31.2 Å². The minimum atomic E-state index is -0.0868. The van der Waals surface area contributed by atoms with Crippen LogP contribution in [0.4, 0.5) is 0 Å². The second-order valence-electron chi connectivity index (χ2n) is 5.04. The van der Waals surface area contributed by atoms with Crippen LogP contribution in [-0.2, 0) is 5.54 Å². The Balaban J connectivity index is 2.14. The van der Waals surface area contributed by atoms with Crippen LogP contribution in [-0.4, -0.2) is 0 Å². The Morgan fingerprint density at radius 3 is 2.59 bits per heavy atom. The fraction of sp³-hybridized carbons (Fsp3) is 0.333. The van der Waals surface area contributed by atoms with Gasteiger partial charge in [-0.25, -0.2) is 0 Å². The molecule has 1 aliphatic carbocycles. The van der Waals surface area contributed by atoms with Gasteiger partial charge >= 0.3 is 0 Å². The van der Waals surface area contributed by atoms with Crippen molar-refractivity contribution in [2.75, 3.05) is 0 Å². The third-order valence-corrected chi connectivity index (χ3v) is 4.59. The molecule has 1 nitrogen and oxygen atoms in total. The summed E-state index contributed by atoms with van der Waals surface area (Å²) < 4.78 is 1.15. The van der Waals surface area contributed by atoms with Crippen LogP contribution < -0.4 is 5.73 Å². The van der Waals surface area contributed by atoms with E-state index in [0.717, 1.165) is 17.3 Å². The van der Waals surface area contributed by atoms with Crippen LogP contribution in [0.15, 0.2) is 40.9 Å². The van der Waals surface area contributed by atoms with E-state index in [1.165, 1.54) is 29.2 Å². The van der Waals surface area contributed by atoms with E-state index in [9.17, 15) is 0 Å². The lowest BCUT2D eigenvalue weighted by Gasteiger charge is -2.24. The van der Waals surface area contributed by atoms with Gasteiger partial charge in [-0.3, -0.25) is 0 Å². The van der Waals surface area contributed by atoms with Crippen molar-refractivity contribution in [3.63, 3.8) is 0 Å². The quantitative estimate of drug-likeness (QED) is 0.831. The molecule has 17 heavy (non-hydrogen) atoms. The van der Waals surface area contributed by atoms with Crippen LogP contribution in [0.5, 0.6) is 0 Å². The maximum Gasteiger partial charge on any atom is 0.0409 e. The average molecular weight is 290 g/mol. The molecule has 0 aromatic heterocycles.